The third-order valence-corrected chi connectivity index (χ3v) is 2.84. The molecule has 0 saturated heterocycles. The van der Waals surface area contributed by atoms with E-state index in [1.165, 1.54) is 4.90 Å². The average Bonchev–Trinajstić information content (AvgIpc) is 2.65. The highest BCUT2D eigenvalue weighted by Gasteiger charge is 2.17. The summed E-state index contributed by atoms with van der Waals surface area (Å²) in [6, 6.07) is -0.320. The zero-order valence-corrected chi connectivity index (χ0v) is 13.5. The van der Waals surface area contributed by atoms with E-state index in [0.717, 1.165) is 11.3 Å². The molecule has 21 heavy (non-hydrogen) atoms. The summed E-state index contributed by atoms with van der Waals surface area (Å²) < 4.78 is 5.06. The highest BCUT2D eigenvalue weighted by molar-refractivity contribution is 5.84. The van der Waals surface area contributed by atoms with Crippen molar-refractivity contribution >= 4 is 11.9 Å². The van der Waals surface area contributed by atoms with Gasteiger partial charge in [-0.25, -0.2) is 4.79 Å². The normalized spacial score (nSPS) is 11.1. The zero-order chi connectivity index (χ0) is 16.2. The molecule has 0 unspecified atom stereocenters. The molecule has 0 aliphatic heterocycles. The van der Waals surface area contributed by atoms with Gasteiger partial charge >= 0.3 is 6.03 Å². The first-order valence-electron chi connectivity index (χ1n) is 6.82. The standard InChI is InChI=1S/C14H24N4O3/c1-9-11(10(2)21-17-9)8-18(6)13(20)15-7-12(19)16-14(3,4)5/h7-8H2,1-6H3,(H,15,20)(H,16,19). The van der Waals surface area contributed by atoms with Gasteiger partial charge in [-0.15, -0.1) is 0 Å². The number of carbonyl (C=O) groups excluding carboxylic acids is 2. The number of nitrogens with one attached hydrogen (secondary N) is 2. The summed E-state index contributed by atoms with van der Waals surface area (Å²) in [5.74, 6) is 0.471. The Morgan fingerprint density at radius 2 is 1.90 bits per heavy atom. The molecule has 7 nitrogen and oxygen atoms in total. The van der Waals surface area contributed by atoms with Gasteiger partial charge in [0.15, 0.2) is 0 Å². The molecule has 0 atom stereocenters. The van der Waals surface area contributed by atoms with Crippen LogP contribution in [0.25, 0.3) is 0 Å². The molecule has 0 aliphatic carbocycles. The van der Waals surface area contributed by atoms with Crippen molar-refractivity contribution in [3.05, 3.63) is 17.0 Å². The maximum Gasteiger partial charge on any atom is 0.317 e. The molecule has 118 valence electrons. The van der Waals surface area contributed by atoms with Crippen LogP contribution in [0.15, 0.2) is 4.52 Å². The average molecular weight is 296 g/mol. The summed E-state index contributed by atoms with van der Waals surface area (Å²) in [5, 5.41) is 9.21. The Balaban J connectivity index is 2.47. The fourth-order valence-corrected chi connectivity index (χ4v) is 1.79. The van der Waals surface area contributed by atoms with Crippen LogP contribution < -0.4 is 10.6 Å². The Hall–Kier alpha value is -2.05. The number of amides is 3. The van der Waals surface area contributed by atoms with E-state index < -0.39 is 0 Å². The Labute approximate surface area is 125 Å². The molecule has 0 spiro atoms. The first-order valence-corrected chi connectivity index (χ1v) is 6.82. The Morgan fingerprint density at radius 3 is 2.38 bits per heavy atom. The molecule has 0 aliphatic rings. The van der Waals surface area contributed by atoms with Gasteiger partial charge < -0.3 is 20.1 Å². The predicted molar refractivity (Wildman–Crippen MR) is 78.7 cm³/mol. The van der Waals surface area contributed by atoms with Gasteiger partial charge in [-0.3, -0.25) is 4.79 Å². The highest BCUT2D eigenvalue weighted by Crippen LogP contribution is 2.14. The van der Waals surface area contributed by atoms with Gasteiger partial charge in [-0.05, 0) is 34.6 Å². The van der Waals surface area contributed by atoms with Crippen molar-refractivity contribution in [2.75, 3.05) is 13.6 Å². The number of aromatic nitrogens is 1. The summed E-state index contributed by atoms with van der Waals surface area (Å²) >= 11 is 0. The monoisotopic (exact) mass is 296 g/mol. The highest BCUT2D eigenvalue weighted by atomic mass is 16.5. The molecule has 2 N–H and O–H groups in total. The molecule has 1 rings (SSSR count). The number of nitrogens with zero attached hydrogens (tertiary/aromatic N) is 2. The van der Waals surface area contributed by atoms with Crippen LogP contribution in [0.2, 0.25) is 0 Å². The van der Waals surface area contributed by atoms with Crippen molar-refractivity contribution < 1.29 is 14.1 Å². The van der Waals surface area contributed by atoms with Crippen LogP contribution in [-0.2, 0) is 11.3 Å². The van der Waals surface area contributed by atoms with Gasteiger partial charge in [0.2, 0.25) is 5.91 Å². The van der Waals surface area contributed by atoms with Crippen LogP contribution in [0.5, 0.6) is 0 Å². The molecule has 0 aromatic carbocycles. The molecule has 1 aromatic heterocycles. The number of hydrogen-bond acceptors (Lipinski definition) is 4. The first kappa shape index (κ1) is 17.0. The van der Waals surface area contributed by atoms with Gasteiger partial charge in [0.25, 0.3) is 0 Å². The van der Waals surface area contributed by atoms with E-state index in [2.05, 4.69) is 15.8 Å². The van der Waals surface area contributed by atoms with Crippen LogP contribution in [-0.4, -0.2) is 41.1 Å². The minimum atomic E-state index is -0.320. The van der Waals surface area contributed by atoms with Crippen molar-refractivity contribution in [3.63, 3.8) is 0 Å². The Bertz CT molecular complexity index is 497. The summed E-state index contributed by atoms with van der Waals surface area (Å²) in [7, 11) is 1.66. The lowest BCUT2D eigenvalue weighted by Crippen LogP contribution is -2.47. The van der Waals surface area contributed by atoms with Crippen LogP contribution in [0.3, 0.4) is 0 Å². The van der Waals surface area contributed by atoms with Crippen molar-refractivity contribution in [2.45, 2.75) is 46.7 Å². The van der Waals surface area contributed by atoms with Gasteiger partial charge in [0.1, 0.15) is 5.76 Å². The van der Waals surface area contributed by atoms with Crippen LogP contribution in [0.4, 0.5) is 4.79 Å². The van der Waals surface area contributed by atoms with E-state index in [0.29, 0.717) is 12.3 Å². The number of urea groups is 1. The number of hydrogen-bond donors (Lipinski definition) is 2. The fourth-order valence-electron chi connectivity index (χ4n) is 1.79. The van der Waals surface area contributed by atoms with E-state index in [1.54, 1.807) is 14.0 Å². The van der Waals surface area contributed by atoms with E-state index in [1.807, 2.05) is 27.7 Å². The maximum atomic E-state index is 11.9. The van der Waals surface area contributed by atoms with Gasteiger partial charge in [-0.2, -0.15) is 0 Å². The fraction of sp³-hybridized carbons (Fsp3) is 0.643. The molecular formula is C14H24N4O3. The van der Waals surface area contributed by atoms with Crippen molar-refractivity contribution in [1.82, 2.24) is 20.7 Å². The summed E-state index contributed by atoms with van der Waals surface area (Å²) in [6.07, 6.45) is 0. The Kier molecular flexibility index (Phi) is 5.34. The van der Waals surface area contributed by atoms with Crippen LogP contribution >= 0.6 is 0 Å². The summed E-state index contributed by atoms with van der Waals surface area (Å²) in [6.45, 7) is 9.62. The van der Waals surface area contributed by atoms with Crippen molar-refractivity contribution in [2.24, 2.45) is 0 Å². The van der Waals surface area contributed by atoms with E-state index in [4.69, 9.17) is 4.52 Å². The summed E-state index contributed by atoms with van der Waals surface area (Å²) in [4.78, 5) is 25.1. The largest absolute Gasteiger partial charge is 0.361 e. The predicted octanol–water partition coefficient (Wildman–Crippen LogP) is 1.35. The van der Waals surface area contributed by atoms with Crippen LogP contribution in [0, 0.1) is 13.8 Å². The van der Waals surface area contributed by atoms with E-state index in [9.17, 15) is 9.59 Å². The SMILES string of the molecule is Cc1noc(C)c1CN(C)C(=O)NCC(=O)NC(C)(C)C. The molecule has 0 saturated carbocycles. The zero-order valence-electron chi connectivity index (χ0n) is 13.5. The third kappa shape index (κ3) is 5.45. The molecule has 1 aromatic rings. The van der Waals surface area contributed by atoms with Gasteiger partial charge in [0.05, 0.1) is 18.8 Å². The number of carbonyl (C=O) groups is 2. The number of aryl methyl sites for hydroxylation is 2. The maximum absolute atomic E-state index is 11.9. The molecule has 7 heteroatoms. The molecular weight excluding hydrogens is 272 g/mol. The molecule has 0 fully saturated rings. The van der Waals surface area contributed by atoms with E-state index >= 15 is 0 Å². The Morgan fingerprint density at radius 1 is 1.29 bits per heavy atom. The lowest BCUT2D eigenvalue weighted by atomic mass is 10.1. The minimum absolute atomic E-state index is 0.0535. The first-order chi connectivity index (χ1) is 9.60. The molecule has 0 radical (unpaired) electrons. The van der Waals surface area contributed by atoms with Crippen molar-refractivity contribution in [1.29, 1.82) is 0 Å². The molecule has 1 heterocycles. The number of rotatable bonds is 4. The second-order valence-electron chi connectivity index (χ2n) is 6.12. The topological polar surface area (TPSA) is 87.5 Å². The summed E-state index contributed by atoms with van der Waals surface area (Å²) in [5.41, 5.74) is 1.33. The second-order valence-corrected chi connectivity index (χ2v) is 6.12. The van der Waals surface area contributed by atoms with Crippen molar-refractivity contribution in [3.8, 4) is 0 Å². The second kappa shape index (κ2) is 6.60. The molecule has 3 amide bonds. The third-order valence-electron chi connectivity index (χ3n) is 2.84. The lowest BCUT2D eigenvalue weighted by molar-refractivity contribution is -0.121. The van der Waals surface area contributed by atoms with Crippen LogP contribution in [0.1, 0.15) is 37.8 Å². The lowest BCUT2D eigenvalue weighted by Gasteiger charge is -2.22. The molecule has 0 bridgehead atoms. The minimum Gasteiger partial charge on any atom is -0.361 e. The van der Waals surface area contributed by atoms with E-state index in [-0.39, 0.29) is 24.0 Å². The quantitative estimate of drug-likeness (QED) is 0.878. The smallest absolute Gasteiger partial charge is 0.317 e. The van der Waals surface area contributed by atoms with Gasteiger partial charge in [0, 0.05) is 18.2 Å². The van der Waals surface area contributed by atoms with Gasteiger partial charge in [-0.1, -0.05) is 5.16 Å².